The van der Waals surface area contributed by atoms with Gasteiger partial charge in [0.1, 0.15) is 48.0 Å². The van der Waals surface area contributed by atoms with Gasteiger partial charge in [-0.1, -0.05) is 94.0 Å². The molecule has 8 aromatic rings. The Hall–Kier alpha value is -7.41. The van der Waals surface area contributed by atoms with Crippen LogP contribution in [0.15, 0.2) is 109 Å². The number of aliphatic hydroxyl groups excluding tert-OH is 3. The summed E-state index contributed by atoms with van der Waals surface area (Å²) in [6.45, 7) is 7.36. The zero-order chi connectivity index (χ0) is 61.9. The molecule has 2 aliphatic heterocycles. The van der Waals surface area contributed by atoms with Crippen molar-refractivity contribution in [2.75, 3.05) is 40.0 Å². The van der Waals surface area contributed by atoms with Crippen LogP contribution < -0.4 is 49.5 Å². The zero-order valence-electron chi connectivity index (χ0n) is 47.4. The number of amides is 1. The normalized spacial score (nSPS) is 10.2. The maximum absolute atomic E-state index is 14.1. The van der Waals surface area contributed by atoms with Gasteiger partial charge in [-0.15, -0.1) is 0 Å². The number of carbonyl (C=O) groups is 3. The van der Waals surface area contributed by atoms with E-state index in [1.54, 1.807) is 109 Å². The summed E-state index contributed by atoms with van der Waals surface area (Å²) in [5.41, 5.74) is 10.5. The van der Waals surface area contributed by atoms with Crippen LogP contribution in [0.3, 0.4) is 0 Å². The summed E-state index contributed by atoms with van der Waals surface area (Å²) in [6, 6.07) is 29.7. The molecule has 0 saturated carbocycles. The molecule has 0 saturated heterocycles. The predicted molar refractivity (Wildman–Crippen MR) is 333 cm³/mol. The van der Waals surface area contributed by atoms with Crippen LogP contribution in [0.5, 0.6) is 17.5 Å². The summed E-state index contributed by atoms with van der Waals surface area (Å²) in [5, 5.41) is 50.8. The molecule has 28 heteroatoms. The quantitative estimate of drug-likeness (QED) is 0.0317. The fourth-order valence-electron chi connectivity index (χ4n) is 7.92. The number of halogens is 6. The number of nitrogens with two attached hydrogens (primary N) is 1. The van der Waals surface area contributed by atoms with Crippen molar-refractivity contribution in [3.63, 3.8) is 0 Å². The number of carboxylic acids is 1. The van der Waals surface area contributed by atoms with Crippen molar-refractivity contribution >= 4 is 61.4 Å². The average molecular weight is 1300 g/mol. The Morgan fingerprint density at radius 3 is 1.62 bits per heavy atom. The molecule has 0 unspecified atom stereocenters. The number of rotatable bonds is 13. The molecule has 3 radical (unpaired) electrons. The molecule has 471 valence electrons. The molecular formula is C61H71BCl3F3N10NaO10. The number of nitrogens with zero attached hydrogens (tertiary/aromatic N) is 9. The fourth-order valence-corrected chi connectivity index (χ4v) is 8.46. The van der Waals surface area contributed by atoms with E-state index in [-0.39, 0.29) is 140 Å². The second-order valence-corrected chi connectivity index (χ2v) is 18.6. The Labute approximate surface area is 555 Å². The van der Waals surface area contributed by atoms with Crippen molar-refractivity contribution in [3.8, 4) is 40.0 Å². The Morgan fingerprint density at radius 1 is 0.719 bits per heavy atom. The summed E-state index contributed by atoms with van der Waals surface area (Å²) in [5.74, 6) is -0.554. The maximum Gasteiger partial charge on any atom is 1.00 e. The van der Waals surface area contributed by atoms with E-state index in [0.29, 0.717) is 63.3 Å². The number of benzene rings is 5. The van der Waals surface area contributed by atoms with Crippen LogP contribution >= 0.6 is 34.8 Å². The van der Waals surface area contributed by atoms with Gasteiger partial charge in [0, 0.05) is 81.0 Å². The molecule has 89 heavy (non-hydrogen) atoms. The van der Waals surface area contributed by atoms with E-state index in [4.69, 9.17) is 81.9 Å². The summed E-state index contributed by atoms with van der Waals surface area (Å²) in [7, 11) is 4.94. The number of carbonyl (C=O) groups excluding carboxylic acids is 2. The average Bonchev–Trinajstić information content (AvgIpc) is 1.73. The number of carboxylic acid groups (broad SMARTS) is 1. The van der Waals surface area contributed by atoms with E-state index in [0.717, 1.165) is 40.9 Å². The first-order chi connectivity index (χ1) is 40.4. The van der Waals surface area contributed by atoms with Crippen molar-refractivity contribution in [2.24, 2.45) is 19.8 Å². The van der Waals surface area contributed by atoms with Crippen LogP contribution in [0.4, 0.5) is 13.2 Å². The van der Waals surface area contributed by atoms with Crippen LogP contribution in [-0.2, 0) is 40.3 Å². The third-order valence-electron chi connectivity index (χ3n) is 11.7. The standard InChI is InChI=1S/C21H19ClFN3O3.C12H9ClN2O3.C10H13FO.C7H5FO.C5H6ClN3O.C2H7NO.CN.3CH4.B.Na/c1-25-20-15-10-14(22)6-7-18(15)29-12-16(20)19(24-25)21(28)26(8-9-27)11-13-4-2-3-5-17(13)23;1-15-11-7-4-6(13)2-3-9(7)18-5-8(11)10(14-15)12(16)17;11-10-7-2-1-5-9(10)6-3-4-8-12;8-7-4-2-1-3-6(7)5-9;1-3-7-4(6)9-5(8-3)10-2;3-1-2-4;1-2;;;;;/h2-7,10,27H,8-9,11-12H2,1H3;2-4H,5H2,1H3,(H,16,17);1-2,5,7,12H,3-4,6,8H2;1-5H;1-2H3;4H,1-3H2;;3*1H4;;/q;;;;;;-1;;;;;+1. The third-order valence-corrected chi connectivity index (χ3v) is 12.3. The van der Waals surface area contributed by atoms with E-state index >= 15 is 0 Å². The van der Waals surface area contributed by atoms with Crippen molar-refractivity contribution in [2.45, 2.75) is 68.2 Å². The predicted octanol–water partition coefficient (Wildman–Crippen LogP) is 7.92. The number of ether oxygens (including phenoxy) is 3. The van der Waals surface area contributed by atoms with Gasteiger partial charge in [-0.2, -0.15) is 20.2 Å². The Bertz CT molecular complexity index is 3480. The van der Waals surface area contributed by atoms with E-state index in [2.05, 4.69) is 25.1 Å². The van der Waals surface area contributed by atoms with Gasteiger partial charge in [-0.25, -0.2) is 22.9 Å². The summed E-state index contributed by atoms with van der Waals surface area (Å²) >= 11 is 17.6. The molecule has 2 aliphatic rings. The first-order valence-electron chi connectivity index (χ1n) is 25.2. The van der Waals surface area contributed by atoms with E-state index in [9.17, 15) is 32.7 Å². The monoisotopic (exact) mass is 1300 g/mol. The molecular weight excluding hydrogens is 1230 g/mol. The van der Waals surface area contributed by atoms with Crippen molar-refractivity contribution in [1.82, 2.24) is 39.4 Å². The number of unbranched alkanes of at least 4 members (excludes halogenated alkanes) is 1. The minimum Gasteiger partial charge on any atom is -0.512 e. The Morgan fingerprint density at radius 2 is 1.19 bits per heavy atom. The van der Waals surface area contributed by atoms with Gasteiger partial charge in [0.05, 0.1) is 42.8 Å². The summed E-state index contributed by atoms with van der Waals surface area (Å²) < 4.78 is 58.6. The Kier molecular flexibility index (Phi) is 40.7. The Balaban J connectivity index is 0. The van der Waals surface area contributed by atoms with Crippen molar-refractivity contribution in [3.05, 3.63) is 194 Å². The second kappa shape index (κ2) is 43.3. The molecule has 0 aliphatic carbocycles. The topological polar surface area (TPSA) is 287 Å². The molecule has 5 aromatic carbocycles. The van der Waals surface area contributed by atoms with Gasteiger partial charge in [0.2, 0.25) is 5.28 Å². The van der Waals surface area contributed by atoms with E-state index in [1.807, 2.05) is 6.07 Å². The zero-order valence-corrected chi connectivity index (χ0v) is 51.7. The van der Waals surface area contributed by atoms with Gasteiger partial charge in [0.25, 0.3) is 5.91 Å². The molecule has 20 nitrogen and oxygen atoms in total. The van der Waals surface area contributed by atoms with Gasteiger partial charge >= 0.3 is 41.5 Å². The first-order valence-corrected chi connectivity index (χ1v) is 26.4. The van der Waals surface area contributed by atoms with Gasteiger partial charge in [-0.3, -0.25) is 19.0 Å². The maximum atomic E-state index is 14.1. The number of aryl methyl sites for hydroxylation is 4. The second-order valence-electron chi connectivity index (χ2n) is 17.4. The minimum absolute atomic E-state index is 0. The number of methoxy groups -OCH3 is 1. The first kappa shape index (κ1) is 83.7. The van der Waals surface area contributed by atoms with Crippen molar-refractivity contribution in [1.29, 1.82) is 5.26 Å². The molecule has 5 heterocycles. The van der Waals surface area contributed by atoms with Crippen LogP contribution in [0.25, 0.3) is 22.5 Å². The van der Waals surface area contributed by atoms with Crippen molar-refractivity contribution < 1.29 is 91.7 Å². The van der Waals surface area contributed by atoms with Crippen LogP contribution in [0, 0.1) is 36.2 Å². The molecule has 0 spiro atoms. The summed E-state index contributed by atoms with van der Waals surface area (Å²) in [6.07, 6.45) is 2.80. The minimum atomic E-state index is -1.05. The summed E-state index contributed by atoms with van der Waals surface area (Å²) in [4.78, 5) is 47.0. The third kappa shape index (κ3) is 24.5. The molecule has 1 amide bonds. The van der Waals surface area contributed by atoms with E-state index in [1.165, 1.54) is 36.3 Å². The van der Waals surface area contributed by atoms with Crippen LogP contribution in [0.1, 0.15) is 94.5 Å². The van der Waals surface area contributed by atoms with Crippen LogP contribution in [-0.4, -0.2) is 126 Å². The molecule has 0 fully saturated rings. The van der Waals surface area contributed by atoms with Gasteiger partial charge < -0.3 is 57.1 Å². The molecule has 6 N–H and O–H groups in total. The van der Waals surface area contributed by atoms with Gasteiger partial charge in [-0.05, 0) is 104 Å². The van der Waals surface area contributed by atoms with Gasteiger partial charge in [0.15, 0.2) is 17.7 Å². The molecule has 10 rings (SSSR count). The van der Waals surface area contributed by atoms with Crippen LogP contribution in [0.2, 0.25) is 15.3 Å². The smallest absolute Gasteiger partial charge is 0.512 e. The number of hydrogen-bond donors (Lipinski definition) is 5. The SMILES string of the molecule is C.C.C.COc1nc(C)nc(Cl)n1.Cn1nc(C(=O)N(CCO)Cc2ccccc2F)c2c1-c1cc(Cl)ccc1OC2.Cn1nc(C(=O)O)c2c1-c1cc(Cl)ccc1OC2.NCCO.O=Cc1ccccc1F.OCCCCc1ccccc1F.[B].[C-]#N.[Na+]. The largest absolute Gasteiger partial charge is 1.00 e. The number of aldehydes is 1. The molecule has 3 aromatic heterocycles. The number of aromatic nitrogens is 7. The van der Waals surface area contributed by atoms with E-state index < -0.39 is 23.5 Å². The number of aromatic carboxylic acids is 1. The molecule has 0 bridgehead atoms. The molecule has 0 atom stereocenters. The number of fused-ring (bicyclic) bond motifs is 6. The number of hydrogen-bond acceptors (Lipinski definition) is 16. The number of aliphatic hydroxyl groups is 3. The fraction of sp³-hybridized carbons (Fsp3) is 0.295.